The summed E-state index contributed by atoms with van der Waals surface area (Å²) in [5.41, 5.74) is 10.8. The third kappa shape index (κ3) is 3.71. The van der Waals surface area contributed by atoms with Crippen LogP contribution in [-0.4, -0.2) is 15.6 Å². The lowest BCUT2D eigenvalue weighted by atomic mass is 9.95. The minimum Gasteiger partial charge on any atom is -0.481 e. The Hall–Kier alpha value is -4.05. The molecule has 0 aliphatic rings. The van der Waals surface area contributed by atoms with E-state index in [0.29, 0.717) is 12.2 Å². The summed E-state index contributed by atoms with van der Waals surface area (Å²) in [6, 6.07) is 32.7. The largest absolute Gasteiger partial charge is 0.481 e. The second-order valence-electron chi connectivity index (χ2n) is 8.19. The van der Waals surface area contributed by atoms with Gasteiger partial charge in [0.25, 0.3) is 0 Å². The predicted octanol–water partition coefficient (Wildman–Crippen LogP) is 6.30. The first-order valence-corrected chi connectivity index (χ1v) is 10.7. The fourth-order valence-corrected chi connectivity index (χ4v) is 4.55. The maximum Gasteiger partial charge on any atom is 0.304 e. The molecule has 4 nitrogen and oxygen atoms in total. The van der Waals surface area contributed by atoms with Gasteiger partial charge in [-0.1, -0.05) is 72.8 Å². The third-order valence-electron chi connectivity index (χ3n) is 6.11. The molecule has 0 saturated heterocycles. The third-order valence-corrected chi connectivity index (χ3v) is 6.11. The Balaban J connectivity index is 1.71. The van der Waals surface area contributed by atoms with Crippen molar-refractivity contribution in [3.05, 3.63) is 103 Å². The molecule has 0 bridgehead atoms. The van der Waals surface area contributed by atoms with Crippen molar-refractivity contribution in [1.29, 1.82) is 0 Å². The van der Waals surface area contributed by atoms with E-state index in [-0.39, 0.29) is 12.3 Å². The average Bonchev–Trinajstić information content (AvgIpc) is 3.18. The summed E-state index contributed by atoms with van der Waals surface area (Å²) in [6.07, 6.45) is 0.0470. The van der Waals surface area contributed by atoms with Crippen LogP contribution < -0.4 is 5.73 Å². The van der Waals surface area contributed by atoms with Gasteiger partial charge in [0, 0.05) is 34.7 Å². The van der Waals surface area contributed by atoms with Crippen LogP contribution in [0.5, 0.6) is 0 Å². The van der Waals surface area contributed by atoms with Crippen LogP contribution in [0.1, 0.15) is 17.9 Å². The van der Waals surface area contributed by atoms with E-state index in [2.05, 4.69) is 53.1 Å². The first-order valence-electron chi connectivity index (χ1n) is 10.7. The summed E-state index contributed by atoms with van der Waals surface area (Å²) in [5, 5.41) is 13.2. The molecule has 0 spiro atoms. The summed E-state index contributed by atoms with van der Waals surface area (Å²) >= 11 is 0. The van der Waals surface area contributed by atoms with Gasteiger partial charge in [0.05, 0.1) is 6.42 Å². The van der Waals surface area contributed by atoms with Crippen molar-refractivity contribution in [3.8, 4) is 11.3 Å². The molecule has 1 atom stereocenters. The second-order valence-corrected chi connectivity index (χ2v) is 8.19. The highest BCUT2D eigenvalue weighted by molar-refractivity contribution is 6.08. The number of benzene rings is 4. The van der Waals surface area contributed by atoms with Gasteiger partial charge in [-0.05, 0) is 46.2 Å². The molecule has 32 heavy (non-hydrogen) atoms. The number of carboxylic acid groups (broad SMARTS) is 1. The molecule has 0 saturated carbocycles. The number of hydrogen-bond acceptors (Lipinski definition) is 2. The quantitative estimate of drug-likeness (QED) is 0.317. The van der Waals surface area contributed by atoms with Crippen molar-refractivity contribution < 1.29 is 9.90 Å². The molecule has 1 unspecified atom stereocenters. The van der Waals surface area contributed by atoms with Crippen LogP contribution in [0.4, 0.5) is 5.69 Å². The molecular weight excluding hydrogens is 396 g/mol. The summed E-state index contributed by atoms with van der Waals surface area (Å²) in [5.74, 6) is -0.993. The van der Waals surface area contributed by atoms with Crippen molar-refractivity contribution >= 4 is 33.3 Å². The molecule has 0 fully saturated rings. The zero-order valence-electron chi connectivity index (χ0n) is 17.6. The van der Waals surface area contributed by atoms with Crippen LogP contribution in [-0.2, 0) is 11.3 Å². The van der Waals surface area contributed by atoms with E-state index in [1.807, 2.05) is 48.5 Å². The van der Waals surface area contributed by atoms with Crippen molar-refractivity contribution in [2.75, 3.05) is 5.73 Å². The Bertz CT molecular complexity index is 1400. The monoisotopic (exact) mass is 420 g/mol. The molecule has 4 aromatic carbocycles. The molecule has 5 rings (SSSR count). The van der Waals surface area contributed by atoms with E-state index in [9.17, 15) is 9.90 Å². The van der Waals surface area contributed by atoms with E-state index in [0.717, 1.165) is 22.3 Å². The van der Waals surface area contributed by atoms with Gasteiger partial charge in [-0.25, -0.2) is 0 Å². The fraction of sp³-hybridized carbons (Fsp3) is 0.107. The van der Waals surface area contributed by atoms with Gasteiger partial charge in [-0.2, -0.15) is 0 Å². The van der Waals surface area contributed by atoms with Crippen LogP contribution in [0.3, 0.4) is 0 Å². The van der Waals surface area contributed by atoms with Crippen LogP contribution >= 0.6 is 0 Å². The van der Waals surface area contributed by atoms with Crippen molar-refractivity contribution in [2.45, 2.75) is 18.9 Å². The Morgan fingerprint density at radius 3 is 2.31 bits per heavy atom. The molecule has 0 aliphatic carbocycles. The molecule has 1 heterocycles. The lowest BCUT2D eigenvalue weighted by molar-refractivity contribution is -0.137. The number of aliphatic carboxylic acids is 1. The van der Waals surface area contributed by atoms with Gasteiger partial charge < -0.3 is 15.4 Å². The molecule has 3 N–H and O–H groups in total. The zero-order chi connectivity index (χ0) is 22.1. The molecular formula is C28H24N2O2. The average molecular weight is 421 g/mol. The van der Waals surface area contributed by atoms with Crippen LogP contribution in [0.2, 0.25) is 0 Å². The minimum absolute atomic E-state index is 0.0470. The number of anilines is 1. The Kier molecular flexibility index (Phi) is 5.12. The first-order chi connectivity index (χ1) is 15.6. The van der Waals surface area contributed by atoms with Crippen molar-refractivity contribution in [1.82, 2.24) is 4.57 Å². The highest BCUT2D eigenvalue weighted by atomic mass is 16.4. The smallest absolute Gasteiger partial charge is 0.304 e. The van der Waals surface area contributed by atoms with Gasteiger partial charge in [0.1, 0.15) is 0 Å². The molecule has 5 aromatic rings. The van der Waals surface area contributed by atoms with Crippen molar-refractivity contribution in [2.24, 2.45) is 0 Å². The SMILES string of the molecule is Nc1ccc(C(CC(=O)O)Cn2c(-c3ccccc3)cc3c4ccccc4ccc32)cc1. The number of hydrogen-bond donors (Lipinski definition) is 2. The molecule has 0 aliphatic heterocycles. The van der Waals surface area contributed by atoms with E-state index >= 15 is 0 Å². The normalized spacial score (nSPS) is 12.2. The van der Waals surface area contributed by atoms with Gasteiger partial charge in [0.15, 0.2) is 0 Å². The lowest BCUT2D eigenvalue weighted by Crippen LogP contribution is -2.14. The van der Waals surface area contributed by atoms with E-state index in [4.69, 9.17) is 5.73 Å². The number of aromatic nitrogens is 1. The van der Waals surface area contributed by atoms with Gasteiger partial charge in [-0.15, -0.1) is 0 Å². The molecule has 158 valence electrons. The van der Waals surface area contributed by atoms with Gasteiger partial charge in [-0.3, -0.25) is 4.79 Å². The van der Waals surface area contributed by atoms with E-state index in [1.165, 1.54) is 16.2 Å². The molecule has 1 aromatic heterocycles. The Morgan fingerprint density at radius 2 is 1.56 bits per heavy atom. The van der Waals surface area contributed by atoms with E-state index < -0.39 is 5.97 Å². The number of nitrogens with two attached hydrogens (primary N) is 1. The standard InChI is InChI=1S/C28H24N2O2/c29-23-13-10-19(11-14-23)22(16-28(31)32)18-30-26-15-12-20-6-4-5-9-24(20)25(26)17-27(30)21-7-2-1-3-8-21/h1-15,17,22H,16,18,29H2,(H,31,32). The molecule has 0 amide bonds. The summed E-state index contributed by atoms with van der Waals surface area (Å²) < 4.78 is 2.26. The minimum atomic E-state index is -0.810. The molecule has 4 heteroatoms. The Labute approximate surface area is 186 Å². The fourth-order valence-electron chi connectivity index (χ4n) is 4.55. The maximum atomic E-state index is 11.7. The number of nitrogens with zero attached hydrogens (tertiary/aromatic N) is 1. The lowest BCUT2D eigenvalue weighted by Gasteiger charge is -2.20. The highest BCUT2D eigenvalue weighted by Crippen LogP contribution is 2.35. The second kappa shape index (κ2) is 8.23. The van der Waals surface area contributed by atoms with E-state index in [1.54, 1.807) is 0 Å². The number of nitrogen functional groups attached to an aromatic ring is 1. The number of rotatable bonds is 6. The molecule has 0 radical (unpaired) electrons. The Morgan fingerprint density at radius 1 is 0.844 bits per heavy atom. The number of carbonyl (C=O) groups is 1. The summed E-state index contributed by atoms with van der Waals surface area (Å²) in [6.45, 7) is 0.558. The maximum absolute atomic E-state index is 11.7. The van der Waals surface area contributed by atoms with Crippen LogP contribution in [0.15, 0.2) is 97.1 Å². The summed E-state index contributed by atoms with van der Waals surface area (Å²) in [4.78, 5) is 11.7. The number of carboxylic acids is 1. The summed E-state index contributed by atoms with van der Waals surface area (Å²) in [7, 11) is 0. The first kappa shape index (κ1) is 19.9. The van der Waals surface area contributed by atoms with Crippen LogP contribution in [0, 0.1) is 0 Å². The van der Waals surface area contributed by atoms with Crippen molar-refractivity contribution in [3.63, 3.8) is 0 Å². The topological polar surface area (TPSA) is 68.2 Å². The van der Waals surface area contributed by atoms with Gasteiger partial charge >= 0.3 is 5.97 Å². The highest BCUT2D eigenvalue weighted by Gasteiger charge is 2.20. The van der Waals surface area contributed by atoms with Gasteiger partial charge in [0.2, 0.25) is 0 Å². The number of fused-ring (bicyclic) bond motifs is 3. The van der Waals surface area contributed by atoms with Crippen LogP contribution in [0.25, 0.3) is 32.9 Å². The predicted molar refractivity (Wildman–Crippen MR) is 131 cm³/mol. The zero-order valence-corrected chi connectivity index (χ0v) is 17.6.